The number of ether oxygens (including phenoxy) is 3. The Kier molecular flexibility index (Phi) is 5.07. The lowest BCUT2D eigenvalue weighted by molar-refractivity contribution is -0.0401. The Morgan fingerprint density at radius 3 is 2.89 bits per heavy atom. The molecular weight excluding hydrogens is 344 g/mol. The lowest BCUT2D eigenvalue weighted by atomic mass is 10.1. The normalized spacial score (nSPS) is 14.1. The van der Waals surface area contributed by atoms with Gasteiger partial charge in [-0.2, -0.15) is 0 Å². The summed E-state index contributed by atoms with van der Waals surface area (Å²) in [5.41, 5.74) is 2.23. The largest absolute Gasteiger partial charge is 0.493 e. The first-order chi connectivity index (χ1) is 13.2. The molecule has 1 saturated heterocycles. The van der Waals surface area contributed by atoms with Crippen LogP contribution in [-0.2, 0) is 11.3 Å². The summed E-state index contributed by atoms with van der Waals surface area (Å²) in [6, 6.07) is 11.1. The van der Waals surface area contributed by atoms with Crippen molar-refractivity contribution in [3.63, 3.8) is 0 Å². The quantitative estimate of drug-likeness (QED) is 0.695. The molecule has 0 radical (unpaired) electrons. The molecule has 1 fully saturated rings. The molecule has 27 heavy (non-hydrogen) atoms. The average molecular weight is 366 g/mol. The molecule has 140 valence electrons. The molecule has 0 saturated carbocycles. The van der Waals surface area contributed by atoms with Crippen LogP contribution in [0.2, 0.25) is 0 Å². The second-order valence-electron chi connectivity index (χ2n) is 6.76. The zero-order valence-electron chi connectivity index (χ0n) is 15.2. The third-order valence-corrected chi connectivity index (χ3v) is 4.82. The van der Waals surface area contributed by atoms with Crippen molar-refractivity contribution in [2.45, 2.75) is 20.0 Å². The highest BCUT2D eigenvalue weighted by Gasteiger charge is 2.17. The van der Waals surface area contributed by atoms with Gasteiger partial charge in [0.05, 0.1) is 25.5 Å². The van der Waals surface area contributed by atoms with Crippen molar-refractivity contribution in [2.75, 3.05) is 19.8 Å². The number of hydrogen-bond donors (Lipinski definition) is 1. The minimum atomic E-state index is 0.0213. The van der Waals surface area contributed by atoms with E-state index in [1.54, 1.807) is 19.2 Å². The van der Waals surface area contributed by atoms with Gasteiger partial charge < -0.3 is 19.2 Å². The minimum Gasteiger partial charge on any atom is -0.493 e. The van der Waals surface area contributed by atoms with Crippen LogP contribution in [0.1, 0.15) is 17.7 Å². The molecule has 2 aromatic heterocycles. The van der Waals surface area contributed by atoms with E-state index < -0.39 is 0 Å². The number of fused-ring (bicyclic) bond motifs is 1. The summed E-state index contributed by atoms with van der Waals surface area (Å²) in [6.07, 6.45) is 2.64. The van der Waals surface area contributed by atoms with Crippen molar-refractivity contribution in [1.29, 1.82) is 0 Å². The SMILES string of the molecule is Cc1c(COc2cc(OCCC3COC3)ccn2)[nH]c2ccccc2c1=O. The van der Waals surface area contributed by atoms with Gasteiger partial charge in [-0.05, 0) is 31.5 Å². The fourth-order valence-corrected chi connectivity index (χ4v) is 3.03. The first-order valence-corrected chi connectivity index (χ1v) is 9.10. The molecule has 0 unspecified atom stereocenters. The van der Waals surface area contributed by atoms with Gasteiger partial charge >= 0.3 is 0 Å². The number of nitrogens with zero attached hydrogens (tertiary/aromatic N) is 1. The monoisotopic (exact) mass is 366 g/mol. The molecule has 6 heteroatoms. The molecule has 0 amide bonds. The van der Waals surface area contributed by atoms with Crippen LogP contribution in [0, 0.1) is 12.8 Å². The standard InChI is InChI=1S/C21H22N2O4/c1-14-19(23-18-5-3-2-4-17(18)21(14)24)13-27-20-10-16(6-8-22-20)26-9-7-15-11-25-12-15/h2-6,8,10,15H,7,9,11-13H2,1H3,(H,23,24). The fourth-order valence-electron chi connectivity index (χ4n) is 3.03. The number of nitrogens with one attached hydrogen (secondary N) is 1. The maximum atomic E-state index is 12.5. The van der Waals surface area contributed by atoms with Gasteiger partial charge in [-0.15, -0.1) is 0 Å². The van der Waals surface area contributed by atoms with Crippen molar-refractivity contribution in [3.8, 4) is 11.6 Å². The summed E-state index contributed by atoms with van der Waals surface area (Å²) in [6.45, 7) is 4.35. The smallest absolute Gasteiger partial charge is 0.217 e. The molecule has 0 bridgehead atoms. The summed E-state index contributed by atoms with van der Waals surface area (Å²) in [7, 11) is 0. The molecule has 0 spiro atoms. The second-order valence-corrected chi connectivity index (χ2v) is 6.76. The number of aromatic nitrogens is 2. The van der Waals surface area contributed by atoms with Crippen LogP contribution in [0.25, 0.3) is 10.9 Å². The predicted molar refractivity (Wildman–Crippen MR) is 102 cm³/mol. The van der Waals surface area contributed by atoms with Crippen LogP contribution in [0.3, 0.4) is 0 Å². The van der Waals surface area contributed by atoms with E-state index >= 15 is 0 Å². The summed E-state index contributed by atoms with van der Waals surface area (Å²) in [4.78, 5) is 20.0. The van der Waals surface area contributed by atoms with Gasteiger partial charge in [-0.1, -0.05) is 12.1 Å². The Hall–Kier alpha value is -2.86. The van der Waals surface area contributed by atoms with Gasteiger partial charge in [0.25, 0.3) is 0 Å². The summed E-state index contributed by atoms with van der Waals surface area (Å²) in [5, 5.41) is 0.684. The molecule has 1 N–H and O–H groups in total. The van der Waals surface area contributed by atoms with E-state index in [2.05, 4.69) is 9.97 Å². The predicted octanol–water partition coefficient (Wildman–Crippen LogP) is 3.23. The number of hydrogen-bond acceptors (Lipinski definition) is 5. The van der Waals surface area contributed by atoms with Crippen LogP contribution in [0.15, 0.2) is 47.4 Å². The number of para-hydroxylation sites is 1. The number of benzene rings is 1. The Labute approximate surface area is 157 Å². The zero-order chi connectivity index (χ0) is 18.6. The van der Waals surface area contributed by atoms with E-state index in [1.807, 2.05) is 30.3 Å². The van der Waals surface area contributed by atoms with E-state index in [-0.39, 0.29) is 12.0 Å². The molecular formula is C21H22N2O4. The van der Waals surface area contributed by atoms with Gasteiger partial charge in [-0.25, -0.2) is 4.98 Å². The van der Waals surface area contributed by atoms with Crippen LogP contribution in [0.4, 0.5) is 0 Å². The van der Waals surface area contributed by atoms with Gasteiger partial charge in [0.2, 0.25) is 5.88 Å². The van der Waals surface area contributed by atoms with Gasteiger partial charge in [0, 0.05) is 34.6 Å². The molecule has 1 aliphatic rings. The number of aromatic amines is 1. The molecule has 4 rings (SSSR count). The number of pyridine rings is 2. The third kappa shape index (κ3) is 3.95. The van der Waals surface area contributed by atoms with Crippen molar-refractivity contribution in [1.82, 2.24) is 9.97 Å². The Morgan fingerprint density at radius 1 is 1.22 bits per heavy atom. The van der Waals surface area contributed by atoms with Crippen molar-refractivity contribution >= 4 is 10.9 Å². The van der Waals surface area contributed by atoms with Crippen molar-refractivity contribution < 1.29 is 14.2 Å². The molecule has 6 nitrogen and oxygen atoms in total. The van der Waals surface area contributed by atoms with E-state index in [4.69, 9.17) is 14.2 Å². The Morgan fingerprint density at radius 2 is 2.07 bits per heavy atom. The highest BCUT2D eigenvalue weighted by molar-refractivity contribution is 5.79. The summed E-state index contributed by atoms with van der Waals surface area (Å²) in [5.74, 6) is 1.80. The first kappa shape index (κ1) is 17.5. The van der Waals surface area contributed by atoms with Gasteiger partial charge in [0.1, 0.15) is 12.4 Å². The van der Waals surface area contributed by atoms with E-state index in [0.29, 0.717) is 29.4 Å². The lowest BCUT2D eigenvalue weighted by Crippen LogP contribution is -2.28. The van der Waals surface area contributed by atoms with Crippen LogP contribution in [-0.4, -0.2) is 29.8 Å². The Bertz CT molecular complexity index is 995. The summed E-state index contributed by atoms with van der Waals surface area (Å²) >= 11 is 0. The molecule has 3 heterocycles. The van der Waals surface area contributed by atoms with Crippen molar-refractivity contribution in [3.05, 3.63) is 64.1 Å². The molecule has 1 aliphatic heterocycles. The molecule has 0 aliphatic carbocycles. The van der Waals surface area contributed by atoms with E-state index in [9.17, 15) is 4.79 Å². The highest BCUT2D eigenvalue weighted by atomic mass is 16.5. The third-order valence-electron chi connectivity index (χ3n) is 4.82. The maximum absolute atomic E-state index is 12.5. The summed E-state index contributed by atoms with van der Waals surface area (Å²) < 4.78 is 16.7. The average Bonchev–Trinajstić information content (AvgIpc) is 2.66. The number of H-pyrrole nitrogens is 1. The topological polar surface area (TPSA) is 73.4 Å². The van der Waals surface area contributed by atoms with Crippen LogP contribution in [0.5, 0.6) is 11.6 Å². The molecule has 1 aromatic carbocycles. The van der Waals surface area contributed by atoms with Gasteiger partial charge in [-0.3, -0.25) is 4.79 Å². The lowest BCUT2D eigenvalue weighted by Gasteiger charge is -2.25. The molecule has 0 atom stereocenters. The van der Waals surface area contributed by atoms with Crippen LogP contribution < -0.4 is 14.9 Å². The highest BCUT2D eigenvalue weighted by Crippen LogP contribution is 2.20. The van der Waals surface area contributed by atoms with Gasteiger partial charge in [0.15, 0.2) is 5.43 Å². The Balaban J connectivity index is 1.42. The van der Waals surface area contributed by atoms with Crippen LogP contribution >= 0.6 is 0 Å². The zero-order valence-corrected chi connectivity index (χ0v) is 15.2. The second kappa shape index (κ2) is 7.80. The van der Waals surface area contributed by atoms with E-state index in [0.717, 1.165) is 36.6 Å². The number of rotatable bonds is 7. The minimum absolute atomic E-state index is 0.0213. The fraction of sp³-hybridized carbons (Fsp3) is 0.333. The maximum Gasteiger partial charge on any atom is 0.217 e. The van der Waals surface area contributed by atoms with E-state index in [1.165, 1.54) is 0 Å². The molecule has 3 aromatic rings. The van der Waals surface area contributed by atoms with Crippen molar-refractivity contribution in [2.24, 2.45) is 5.92 Å². The first-order valence-electron chi connectivity index (χ1n) is 9.10.